The Morgan fingerprint density at radius 3 is 3.09 bits per heavy atom. The normalized spacial score (nSPS) is 37.9. The van der Waals surface area contributed by atoms with Gasteiger partial charge in [-0.05, 0) is 38.0 Å². The van der Waals surface area contributed by atoms with Gasteiger partial charge in [-0.1, -0.05) is 13.3 Å². The number of hydrogen-bond donors (Lipinski definition) is 1. The second-order valence-corrected chi connectivity index (χ2v) is 3.94. The molecule has 2 fully saturated rings. The first-order chi connectivity index (χ1) is 5.40. The summed E-state index contributed by atoms with van der Waals surface area (Å²) in [6, 6.07) is 1.69. The summed E-state index contributed by atoms with van der Waals surface area (Å²) in [5, 5.41) is 3.69. The fourth-order valence-electron chi connectivity index (χ4n) is 2.52. The quantitative estimate of drug-likeness (QED) is 0.640. The third-order valence-corrected chi connectivity index (χ3v) is 3.12. The molecule has 1 radical (unpaired) electrons. The van der Waals surface area contributed by atoms with Crippen LogP contribution in [0.15, 0.2) is 0 Å². The summed E-state index contributed by atoms with van der Waals surface area (Å²) in [6.45, 7) is 2.29. The van der Waals surface area contributed by atoms with E-state index in [2.05, 4.69) is 12.2 Å². The summed E-state index contributed by atoms with van der Waals surface area (Å²) in [7, 11) is 0. The van der Waals surface area contributed by atoms with Crippen LogP contribution in [0.5, 0.6) is 0 Å². The molecule has 2 heterocycles. The highest BCUT2D eigenvalue weighted by atomic mass is 15.0. The molecular formula is C10H18N. The predicted molar refractivity (Wildman–Crippen MR) is 47.3 cm³/mol. The first kappa shape index (κ1) is 7.60. The van der Waals surface area contributed by atoms with E-state index in [0.29, 0.717) is 0 Å². The fourth-order valence-corrected chi connectivity index (χ4v) is 2.52. The van der Waals surface area contributed by atoms with Crippen molar-refractivity contribution < 1.29 is 0 Å². The smallest absolute Gasteiger partial charge is 0.0133 e. The lowest BCUT2D eigenvalue weighted by molar-refractivity contribution is 0.413. The maximum atomic E-state index is 3.69. The van der Waals surface area contributed by atoms with E-state index < -0.39 is 0 Å². The summed E-state index contributed by atoms with van der Waals surface area (Å²) < 4.78 is 0. The monoisotopic (exact) mass is 152 g/mol. The zero-order chi connectivity index (χ0) is 7.68. The highest BCUT2D eigenvalue weighted by molar-refractivity contribution is 5.09. The first-order valence-electron chi connectivity index (χ1n) is 5.00. The molecule has 0 saturated carbocycles. The van der Waals surface area contributed by atoms with Crippen molar-refractivity contribution in [2.75, 3.05) is 0 Å². The van der Waals surface area contributed by atoms with Crippen LogP contribution in [-0.4, -0.2) is 12.1 Å². The average molecular weight is 152 g/mol. The summed E-state index contributed by atoms with van der Waals surface area (Å²) in [5.74, 6) is 1.81. The van der Waals surface area contributed by atoms with Crippen LogP contribution in [0.1, 0.15) is 45.4 Å². The molecule has 0 aromatic rings. The molecule has 0 spiro atoms. The molecule has 2 atom stereocenters. The molecule has 1 N–H and O–H groups in total. The van der Waals surface area contributed by atoms with Crippen molar-refractivity contribution in [3.05, 3.63) is 5.92 Å². The van der Waals surface area contributed by atoms with Crippen molar-refractivity contribution in [1.82, 2.24) is 5.32 Å². The van der Waals surface area contributed by atoms with E-state index >= 15 is 0 Å². The Balaban J connectivity index is 1.91. The minimum atomic E-state index is 0.814. The van der Waals surface area contributed by atoms with Crippen LogP contribution in [0.25, 0.3) is 0 Å². The van der Waals surface area contributed by atoms with Gasteiger partial charge < -0.3 is 5.32 Å². The van der Waals surface area contributed by atoms with Crippen LogP contribution in [0.3, 0.4) is 0 Å². The van der Waals surface area contributed by atoms with E-state index in [9.17, 15) is 0 Å². The molecule has 63 valence electrons. The van der Waals surface area contributed by atoms with Gasteiger partial charge in [0.05, 0.1) is 0 Å². The predicted octanol–water partition coefficient (Wildman–Crippen LogP) is 2.28. The highest BCUT2D eigenvalue weighted by Crippen LogP contribution is 2.34. The van der Waals surface area contributed by atoms with Gasteiger partial charge in [0.2, 0.25) is 0 Å². The van der Waals surface area contributed by atoms with Crippen molar-refractivity contribution in [3.8, 4) is 0 Å². The molecule has 1 heteroatoms. The van der Waals surface area contributed by atoms with Crippen LogP contribution in [0.4, 0.5) is 0 Å². The summed E-state index contributed by atoms with van der Waals surface area (Å²) >= 11 is 0. The van der Waals surface area contributed by atoms with Gasteiger partial charge in [0.15, 0.2) is 0 Å². The third kappa shape index (κ3) is 1.44. The van der Waals surface area contributed by atoms with Gasteiger partial charge in [0.1, 0.15) is 0 Å². The van der Waals surface area contributed by atoms with Crippen LogP contribution >= 0.6 is 0 Å². The molecule has 2 aliphatic rings. The van der Waals surface area contributed by atoms with Gasteiger partial charge in [-0.3, -0.25) is 0 Å². The molecule has 0 aliphatic carbocycles. The Bertz CT molecular complexity index is 133. The topological polar surface area (TPSA) is 12.0 Å². The number of rotatable bonds is 2. The molecule has 0 aromatic heterocycles. The zero-order valence-corrected chi connectivity index (χ0v) is 7.40. The minimum Gasteiger partial charge on any atom is -0.311 e. The van der Waals surface area contributed by atoms with Crippen molar-refractivity contribution in [1.29, 1.82) is 0 Å². The lowest BCUT2D eigenvalue weighted by Gasteiger charge is -2.29. The Morgan fingerprint density at radius 2 is 2.27 bits per heavy atom. The van der Waals surface area contributed by atoms with E-state index in [1.807, 2.05) is 0 Å². The molecule has 2 saturated heterocycles. The summed E-state index contributed by atoms with van der Waals surface area (Å²) in [4.78, 5) is 0. The highest BCUT2D eigenvalue weighted by Gasteiger charge is 2.34. The second-order valence-electron chi connectivity index (χ2n) is 3.94. The number of fused-ring (bicyclic) bond motifs is 2. The molecule has 2 bridgehead atoms. The van der Waals surface area contributed by atoms with Gasteiger partial charge in [-0.15, -0.1) is 0 Å². The maximum absolute atomic E-state index is 3.69. The molecule has 11 heavy (non-hydrogen) atoms. The summed E-state index contributed by atoms with van der Waals surface area (Å²) in [5.41, 5.74) is 0. The summed E-state index contributed by atoms with van der Waals surface area (Å²) in [6.07, 6.45) is 8.36. The van der Waals surface area contributed by atoms with E-state index in [4.69, 9.17) is 0 Å². The van der Waals surface area contributed by atoms with Crippen molar-refractivity contribution in [2.24, 2.45) is 0 Å². The first-order valence-corrected chi connectivity index (χ1v) is 5.00. The van der Waals surface area contributed by atoms with Crippen LogP contribution < -0.4 is 5.32 Å². The molecule has 0 amide bonds. The Kier molecular flexibility index (Phi) is 2.17. The second kappa shape index (κ2) is 3.14. The van der Waals surface area contributed by atoms with E-state index in [0.717, 1.165) is 12.1 Å². The van der Waals surface area contributed by atoms with Gasteiger partial charge in [-0.2, -0.15) is 0 Å². The maximum Gasteiger partial charge on any atom is 0.0133 e. The molecule has 0 unspecified atom stereocenters. The van der Waals surface area contributed by atoms with Gasteiger partial charge in [-0.25, -0.2) is 0 Å². The number of nitrogens with one attached hydrogen (secondary N) is 1. The Morgan fingerprint density at radius 1 is 1.36 bits per heavy atom. The number of hydrogen-bond acceptors (Lipinski definition) is 1. The SMILES string of the molecule is CCC[C]1CC[C@@H]2CC[C@H]1N2. The van der Waals surface area contributed by atoms with Crippen molar-refractivity contribution in [2.45, 2.75) is 57.5 Å². The Hall–Kier alpha value is -0.0400. The third-order valence-electron chi connectivity index (χ3n) is 3.12. The molecule has 2 aliphatic heterocycles. The van der Waals surface area contributed by atoms with Crippen molar-refractivity contribution in [3.63, 3.8) is 0 Å². The minimum absolute atomic E-state index is 0.814. The number of piperidine rings is 1. The van der Waals surface area contributed by atoms with Crippen molar-refractivity contribution >= 4 is 0 Å². The molecule has 1 nitrogen and oxygen atoms in total. The Labute approximate surface area is 69.6 Å². The van der Waals surface area contributed by atoms with E-state index in [-0.39, 0.29) is 0 Å². The lowest BCUT2D eigenvalue weighted by Crippen LogP contribution is -2.38. The van der Waals surface area contributed by atoms with Crippen LogP contribution in [-0.2, 0) is 0 Å². The van der Waals surface area contributed by atoms with Crippen LogP contribution in [0.2, 0.25) is 0 Å². The van der Waals surface area contributed by atoms with E-state index in [1.165, 1.54) is 38.5 Å². The van der Waals surface area contributed by atoms with Gasteiger partial charge >= 0.3 is 0 Å². The van der Waals surface area contributed by atoms with Gasteiger partial charge in [0.25, 0.3) is 0 Å². The molecule has 0 aromatic carbocycles. The van der Waals surface area contributed by atoms with Crippen LogP contribution in [0, 0.1) is 5.92 Å². The lowest BCUT2D eigenvalue weighted by atomic mass is 9.88. The van der Waals surface area contributed by atoms with E-state index in [1.54, 1.807) is 5.92 Å². The van der Waals surface area contributed by atoms with Gasteiger partial charge in [0, 0.05) is 12.1 Å². The molecular weight excluding hydrogens is 134 g/mol. The largest absolute Gasteiger partial charge is 0.311 e. The standard InChI is InChI=1S/C10H18N/c1-2-3-8-4-5-9-6-7-10(8)11-9/h9-11H,2-7H2,1H3/t9-,10-/m1/s1. The fraction of sp³-hybridized carbons (Fsp3) is 0.900. The molecule has 2 rings (SSSR count). The zero-order valence-electron chi connectivity index (χ0n) is 7.40. The average Bonchev–Trinajstić information content (AvgIpc) is 2.40.